The third kappa shape index (κ3) is 20.2. The minimum Gasteiger partial charge on any atom is -0.466 e. The highest BCUT2D eigenvalue weighted by atomic mass is 16.5. The summed E-state index contributed by atoms with van der Waals surface area (Å²) in [6.07, 6.45) is 19.9. The van der Waals surface area contributed by atoms with Crippen LogP contribution in [0.1, 0.15) is 136 Å². The van der Waals surface area contributed by atoms with E-state index in [0.717, 1.165) is 51.4 Å². The van der Waals surface area contributed by atoms with Crippen molar-refractivity contribution in [2.75, 3.05) is 13.2 Å². The average molecular weight is 427 g/mol. The van der Waals surface area contributed by atoms with Gasteiger partial charge in [-0.1, -0.05) is 97.8 Å². The zero-order chi connectivity index (χ0) is 22.3. The summed E-state index contributed by atoms with van der Waals surface area (Å²) >= 11 is 0. The summed E-state index contributed by atoms with van der Waals surface area (Å²) in [5.74, 6) is 0.453. The third-order valence-electron chi connectivity index (χ3n) is 5.80. The van der Waals surface area contributed by atoms with Crippen molar-refractivity contribution in [1.29, 1.82) is 0 Å². The molecular weight excluding hydrogens is 376 g/mol. The molecule has 0 aliphatic heterocycles. The Morgan fingerprint density at radius 2 is 1.07 bits per heavy atom. The van der Waals surface area contributed by atoms with Gasteiger partial charge in [0.05, 0.1) is 13.2 Å². The summed E-state index contributed by atoms with van der Waals surface area (Å²) < 4.78 is 10.5. The van der Waals surface area contributed by atoms with Crippen molar-refractivity contribution in [3.63, 3.8) is 0 Å². The molecule has 1 atom stereocenters. The topological polar surface area (TPSA) is 52.6 Å². The normalized spacial score (nSPS) is 12.0. The first-order valence-corrected chi connectivity index (χ1v) is 12.9. The summed E-state index contributed by atoms with van der Waals surface area (Å²) in [6.45, 7) is 7.56. The van der Waals surface area contributed by atoms with Crippen molar-refractivity contribution in [2.24, 2.45) is 5.92 Å². The maximum Gasteiger partial charge on any atom is 0.306 e. The van der Waals surface area contributed by atoms with E-state index in [2.05, 4.69) is 20.8 Å². The van der Waals surface area contributed by atoms with Gasteiger partial charge in [-0.15, -0.1) is 0 Å². The number of rotatable bonds is 22. The van der Waals surface area contributed by atoms with Gasteiger partial charge < -0.3 is 9.47 Å². The van der Waals surface area contributed by atoms with E-state index in [0.29, 0.717) is 32.0 Å². The number of carbonyl (C=O) groups excluding carboxylic acids is 2. The molecule has 0 aromatic rings. The lowest BCUT2D eigenvalue weighted by Crippen LogP contribution is -2.12. The van der Waals surface area contributed by atoms with Gasteiger partial charge in [-0.2, -0.15) is 0 Å². The van der Waals surface area contributed by atoms with Gasteiger partial charge in [0, 0.05) is 12.8 Å². The molecule has 30 heavy (non-hydrogen) atoms. The number of ether oxygens (including phenoxy) is 2. The Hall–Kier alpha value is -1.06. The van der Waals surface area contributed by atoms with Crippen molar-refractivity contribution >= 4 is 11.9 Å². The van der Waals surface area contributed by atoms with Crippen LogP contribution in [0.4, 0.5) is 0 Å². The number of unbranched alkanes of at least 4 members (excludes halogenated alkanes) is 11. The maximum atomic E-state index is 11.8. The highest BCUT2D eigenvalue weighted by Crippen LogP contribution is 2.19. The molecular formula is C26H50O4. The van der Waals surface area contributed by atoms with Crippen LogP contribution in [0.25, 0.3) is 0 Å². The summed E-state index contributed by atoms with van der Waals surface area (Å²) in [6, 6.07) is 0. The predicted molar refractivity (Wildman–Crippen MR) is 126 cm³/mol. The van der Waals surface area contributed by atoms with Crippen LogP contribution in [0, 0.1) is 5.92 Å². The number of hydrogen-bond acceptors (Lipinski definition) is 4. The van der Waals surface area contributed by atoms with E-state index in [1.54, 1.807) is 0 Å². The molecule has 0 aromatic heterocycles. The summed E-state index contributed by atoms with van der Waals surface area (Å²) in [7, 11) is 0. The van der Waals surface area contributed by atoms with Crippen LogP contribution in [0.5, 0.6) is 0 Å². The fourth-order valence-corrected chi connectivity index (χ4v) is 3.59. The molecule has 0 aliphatic rings. The van der Waals surface area contributed by atoms with E-state index in [4.69, 9.17) is 9.47 Å². The molecule has 0 aromatic carbocycles. The second kappa shape index (κ2) is 22.6. The largest absolute Gasteiger partial charge is 0.466 e. The van der Waals surface area contributed by atoms with E-state index in [1.165, 1.54) is 51.4 Å². The van der Waals surface area contributed by atoms with Crippen LogP contribution >= 0.6 is 0 Å². The lowest BCUT2D eigenvalue weighted by Gasteiger charge is -2.14. The minimum atomic E-state index is -0.0258. The zero-order valence-corrected chi connectivity index (χ0v) is 20.4. The highest BCUT2D eigenvalue weighted by Gasteiger charge is 2.12. The molecule has 0 heterocycles. The minimum absolute atomic E-state index is 0.0105. The van der Waals surface area contributed by atoms with E-state index in [1.807, 2.05) is 0 Å². The first-order chi connectivity index (χ1) is 14.6. The van der Waals surface area contributed by atoms with Gasteiger partial charge in [-0.05, 0) is 31.6 Å². The molecule has 0 spiro atoms. The van der Waals surface area contributed by atoms with Gasteiger partial charge in [0.25, 0.3) is 0 Å². The first-order valence-electron chi connectivity index (χ1n) is 12.9. The molecule has 0 saturated carbocycles. The monoisotopic (exact) mass is 426 g/mol. The third-order valence-corrected chi connectivity index (χ3v) is 5.80. The average Bonchev–Trinajstić information content (AvgIpc) is 2.74. The van der Waals surface area contributed by atoms with Crippen molar-refractivity contribution in [2.45, 2.75) is 136 Å². The van der Waals surface area contributed by atoms with Crippen molar-refractivity contribution in [1.82, 2.24) is 0 Å². The van der Waals surface area contributed by atoms with Gasteiger partial charge in [-0.25, -0.2) is 0 Å². The van der Waals surface area contributed by atoms with Crippen LogP contribution in [-0.4, -0.2) is 25.2 Å². The lowest BCUT2D eigenvalue weighted by atomic mass is 9.95. The van der Waals surface area contributed by atoms with Gasteiger partial charge >= 0.3 is 11.9 Å². The molecule has 0 bridgehead atoms. The fraction of sp³-hybridized carbons (Fsp3) is 0.923. The highest BCUT2D eigenvalue weighted by molar-refractivity contribution is 5.69. The van der Waals surface area contributed by atoms with Crippen molar-refractivity contribution in [3.8, 4) is 0 Å². The molecule has 0 N–H and O–H groups in total. The Morgan fingerprint density at radius 1 is 0.600 bits per heavy atom. The van der Waals surface area contributed by atoms with Gasteiger partial charge in [0.1, 0.15) is 0 Å². The summed E-state index contributed by atoms with van der Waals surface area (Å²) in [4.78, 5) is 23.3. The first kappa shape index (κ1) is 28.9. The molecule has 4 nitrogen and oxygen atoms in total. The Kier molecular flexibility index (Phi) is 21.8. The molecule has 0 amide bonds. The quantitative estimate of drug-likeness (QED) is 0.131. The molecule has 0 rings (SSSR count). The smallest absolute Gasteiger partial charge is 0.306 e. The SMILES string of the molecule is CCCCOC(=O)CCCCCCCCCCCCC(CC)CC(=O)OCCCC. The molecule has 0 aliphatic carbocycles. The Morgan fingerprint density at radius 3 is 1.57 bits per heavy atom. The second-order valence-electron chi connectivity index (χ2n) is 8.70. The molecule has 0 radical (unpaired) electrons. The fourth-order valence-electron chi connectivity index (χ4n) is 3.59. The zero-order valence-electron chi connectivity index (χ0n) is 20.4. The predicted octanol–water partition coefficient (Wildman–Crippen LogP) is 7.77. The van der Waals surface area contributed by atoms with Gasteiger partial charge in [0.15, 0.2) is 0 Å². The van der Waals surface area contributed by atoms with Crippen LogP contribution in [0.3, 0.4) is 0 Å². The lowest BCUT2D eigenvalue weighted by molar-refractivity contribution is -0.145. The second-order valence-corrected chi connectivity index (χ2v) is 8.70. The van der Waals surface area contributed by atoms with E-state index in [-0.39, 0.29) is 11.9 Å². The number of carbonyl (C=O) groups is 2. The number of esters is 2. The molecule has 4 heteroatoms. The van der Waals surface area contributed by atoms with Crippen LogP contribution in [-0.2, 0) is 19.1 Å². The van der Waals surface area contributed by atoms with Crippen LogP contribution in [0.2, 0.25) is 0 Å². The van der Waals surface area contributed by atoms with Crippen LogP contribution in [0.15, 0.2) is 0 Å². The molecule has 178 valence electrons. The summed E-state index contributed by atoms with van der Waals surface area (Å²) in [5, 5.41) is 0. The number of hydrogen-bond donors (Lipinski definition) is 0. The Labute approximate surface area is 186 Å². The molecule has 0 saturated heterocycles. The van der Waals surface area contributed by atoms with E-state index < -0.39 is 0 Å². The van der Waals surface area contributed by atoms with E-state index in [9.17, 15) is 9.59 Å². The summed E-state index contributed by atoms with van der Waals surface area (Å²) in [5.41, 5.74) is 0. The van der Waals surface area contributed by atoms with E-state index >= 15 is 0 Å². The standard InChI is InChI=1S/C26H50O4/c1-4-7-21-29-25(27)20-18-16-14-12-10-9-11-13-15-17-19-24(6-3)23-26(28)30-22-8-5-2/h24H,4-23H2,1-3H3. The maximum absolute atomic E-state index is 11.8. The molecule has 0 fully saturated rings. The van der Waals surface area contributed by atoms with Crippen LogP contribution < -0.4 is 0 Å². The molecule has 1 unspecified atom stereocenters. The van der Waals surface area contributed by atoms with Crippen molar-refractivity contribution in [3.05, 3.63) is 0 Å². The van der Waals surface area contributed by atoms with Gasteiger partial charge in [-0.3, -0.25) is 9.59 Å². The van der Waals surface area contributed by atoms with Gasteiger partial charge in [0.2, 0.25) is 0 Å². The Balaban J connectivity index is 3.40. The Bertz CT molecular complexity index is 394. The van der Waals surface area contributed by atoms with Crippen molar-refractivity contribution < 1.29 is 19.1 Å².